The Morgan fingerprint density at radius 1 is 0.511 bits per heavy atom. The van der Waals surface area contributed by atoms with Gasteiger partial charge in [-0.05, 0) is 82.6 Å². The highest BCUT2D eigenvalue weighted by molar-refractivity contribution is 6.95. The van der Waals surface area contributed by atoms with Gasteiger partial charge in [0.1, 0.15) is 0 Å². The van der Waals surface area contributed by atoms with Crippen molar-refractivity contribution in [1.29, 1.82) is 0 Å². The van der Waals surface area contributed by atoms with Crippen molar-refractivity contribution in [3.05, 3.63) is 186 Å². The molecule has 0 bridgehead atoms. The molecule has 2 nitrogen and oxygen atoms in total. The second-order valence-corrected chi connectivity index (χ2v) is 13.4. The molecule has 2 heterocycles. The molecule has 0 atom stereocenters. The van der Waals surface area contributed by atoms with Gasteiger partial charge in [-0.15, -0.1) is 0 Å². The number of allylic oxidation sites excluding steroid dienone is 3. The minimum atomic E-state index is -0.276. The van der Waals surface area contributed by atoms with Crippen molar-refractivity contribution in [3.8, 4) is 0 Å². The molecule has 0 saturated carbocycles. The second-order valence-electron chi connectivity index (χ2n) is 13.4. The molecule has 0 unspecified atom stereocenters. The van der Waals surface area contributed by atoms with E-state index in [0.717, 1.165) is 0 Å². The molecule has 3 heteroatoms. The van der Waals surface area contributed by atoms with Gasteiger partial charge in [0.2, 0.25) is 6.71 Å². The van der Waals surface area contributed by atoms with Gasteiger partial charge in [-0.1, -0.05) is 135 Å². The van der Waals surface area contributed by atoms with E-state index in [1.807, 2.05) is 0 Å². The molecule has 0 fully saturated rings. The van der Waals surface area contributed by atoms with Crippen LogP contribution in [0.25, 0.3) is 11.1 Å². The highest BCUT2D eigenvalue weighted by Gasteiger charge is 2.54. The third-order valence-corrected chi connectivity index (χ3v) is 10.2. The maximum atomic E-state index is 2.58. The summed E-state index contributed by atoms with van der Waals surface area (Å²) in [5.74, 6) is 0. The first-order chi connectivity index (χ1) is 23.0. The lowest BCUT2D eigenvalue weighted by molar-refractivity contribution is 0.637. The van der Waals surface area contributed by atoms with E-state index in [9.17, 15) is 0 Å². The molecule has 3 aliphatic rings. The Labute approximate surface area is 278 Å². The standard InChI is InChI=1S/C44H35BN2/c1-30-28-37-41-38(29-30)47(34-24-14-7-15-25-34)42-39(31-18-8-4-9-19-31)40(32-20-10-5-11-21-32)44(2,3)43(42)45(41)35-26-16-17-27-36(35)46(37)33-22-12-6-13-23-33/h4-29H,1-3H3. The normalized spacial score (nSPS) is 15.9. The number of nitrogens with zero attached hydrogens (tertiary/aromatic N) is 2. The van der Waals surface area contributed by atoms with Gasteiger partial charge in [-0.3, -0.25) is 0 Å². The van der Waals surface area contributed by atoms with E-state index in [2.05, 4.69) is 188 Å². The molecule has 1 aliphatic carbocycles. The maximum absolute atomic E-state index is 2.58. The Kier molecular flexibility index (Phi) is 6.20. The van der Waals surface area contributed by atoms with E-state index in [4.69, 9.17) is 0 Å². The maximum Gasteiger partial charge on any atom is 0.248 e. The summed E-state index contributed by atoms with van der Waals surface area (Å²) in [4.78, 5) is 5.06. The topological polar surface area (TPSA) is 6.48 Å². The molecule has 224 valence electrons. The molecule has 0 spiro atoms. The summed E-state index contributed by atoms with van der Waals surface area (Å²) in [7, 11) is 0. The number of rotatable bonds is 4. The molecule has 2 aliphatic heterocycles. The first-order valence-corrected chi connectivity index (χ1v) is 16.6. The van der Waals surface area contributed by atoms with Gasteiger partial charge in [0, 0.05) is 45.1 Å². The smallest absolute Gasteiger partial charge is 0.248 e. The van der Waals surface area contributed by atoms with Gasteiger partial charge in [0.05, 0.1) is 0 Å². The summed E-state index contributed by atoms with van der Waals surface area (Å²) in [6.45, 7) is 7.23. The zero-order chi connectivity index (χ0) is 31.7. The Balaban J connectivity index is 1.44. The van der Waals surface area contributed by atoms with Crippen LogP contribution in [-0.2, 0) is 0 Å². The van der Waals surface area contributed by atoms with Crippen molar-refractivity contribution in [2.24, 2.45) is 5.41 Å². The van der Waals surface area contributed by atoms with Gasteiger partial charge >= 0.3 is 0 Å². The SMILES string of the molecule is Cc1cc2c3c(c1)N(c1ccccc1)c1ccccc1B3C1=C(C(c3ccccc3)=C(c3ccccc3)C1(C)C)N2c1ccccc1. The van der Waals surface area contributed by atoms with Crippen LogP contribution in [0.2, 0.25) is 0 Å². The quantitative estimate of drug-likeness (QED) is 0.185. The zero-order valence-corrected chi connectivity index (χ0v) is 27.0. The summed E-state index contributed by atoms with van der Waals surface area (Å²) >= 11 is 0. The Bertz CT molecular complexity index is 2220. The lowest BCUT2D eigenvalue weighted by Gasteiger charge is -2.46. The first kappa shape index (κ1) is 27.7. The van der Waals surface area contributed by atoms with Gasteiger partial charge in [0.25, 0.3) is 0 Å². The summed E-state index contributed by atoms with van der Waals surface area (Å²) in [5.41, 5.74) is 17.8. The summed E-state index contributed by atoms with van der Waals surface area (Å²) in [5, 5.41) is 0. The minimum Gasteiger partial charge on any atom is -0.311 e. The van der Waals surface area contributed by atoms with Crippen molar-refractivity contribution < 1.29 is 0 Å². The Morgan fingerprint density at radius 3 is 1.62 bits per heavy atom. The van der Waals surface area contributed by atoms with Crippen LogP contribution < -0.4 is 20.7 Å². The molecule has 0 radical (unpaired) electrons. The first-order valence-electron chi connectivity index (χ1n) is 16.6. The van der Waals surface area contributed by atoms with Crippen LogP contribution in [-0.4, -0.2) is 6.71 Å². The monoisotopic (exact) mass is 602 g/mol. The third kappa shape index (κ3) is 4.06. The van der Waals surface area contributed by atoms with E-state index in [1.54, 1.807) is 0 Å². The van der Waals surface area contributed by atoms with Crippen molar-refractivity contribution in [3.63, 3.8) is 0 Å². The van der Waals surface area contributed by atoms with Crippen molar-refractivity contribution in [1.82, 2.24) is 0 Å². The van der Waals surface area contributed by atoms with Crippen molar-refractivity contribution >= 4 is 57.2 Å². The van der Waals surface area contributed by atoms with Crippen molar-refractivity contribution in [2.45, 2.75) is 20.8 Å². The molecule has 6 aromatic rings. The molecule has 0 N–H and O–H groups in total. The fraction of sp³-hybridized carbons (Fsp3) is 0.0909. The van der Waals surface area contributed by atoms with Crippen LogP contribution in [0.15, 0.2) is 169 Å². The summed E-state index contributed by atoms with van der Waals surface area (Å²) in [6.07, 6.45) is 0. The van der Waals surface area contributed by atoms with Gasteiger partial charge in [0.15, 0.2) is 0 Å². The van der Waals surface area contributed by atoms with Crippen LogP contribution in [0.5, 0.6) is 0 Å². The predicted octanol–water partition coefficient (Wildman–Crippen LogP) is 9.98. The Hall–Kier alpha value is -5.54. The number of anilines is 5. The number of hydrogen-bond acceptors (Lipinski definition) is 2. The predicted molar refractivity (Wildman–Crippen MR) is 200 cm³/mol. The fourth-order valence-corrected chi connectivity index (χ4v) is 8.49. The molecule has 0 aromatic heterocycles. The van der Waals surface area contributed by atoms with Crippen LogP contribution in [0, 0.1) is 12.3 Å². The van der Waals surface area contributed by atoms with E-state index >= 15 is 0 Å². The lowest BCUT2D eigenvalue weighted by Crippen LogP contribution is -2.57. The van der Waals surface area contributed by atoms with E-state index in [-0.39, 0.29) is 12.1 Å². The average molecular weight is 603 g/mol. The van der Waals surface area contributed by atoms with Crippen LogP contribution >= 0.6 is 0 Å². The lowest BCUT2D eigenvalue weighted by atomic mass is 9.30. The minimum absolute atomic E-state index is 0.0849. The van der Waals surface area contributed by atoms with Gasteiger partial charge in [-0.2, -0.15) is 0 Å². The van der Waals surface area contributed by atoms with E-state index in [1.165, 1.54) is 78.4 Å². The van der Waals surface area contributed by atoms with Gasteiger partial charge in [-0.25, -0.2) is 0 Å². The average Bonchev–Trinajstić information content (AvgIpc) is 3.36. The molecule has 0 amide bonds. The second kappa shape index (κ2) is 10.5. The number of aryl methyl sites for hydroxylation is 1. The molecule has 0 saturated heterocycles. The fourth-order valence-electron chi connectivity index (χ4n) is 8.49. The van der Waals surface area contributed by atoms with Crippen LogP contribution in [0.3, 0.4) is 0 Å². The number of benzene rings is 6. The third-order valence-electron chi connectivity index (χ3n) is 10.2. The van der Waals surface area contributed by atoms with Crippen LogP contribution in [0.4, 0.5) is 28.4 Å². The van der Waals surface area contributed by atoms with E-state index in [0.29, 0.717) is 0 Å². The summed E-state index contributed by atoms with van der Waals surface area (Å²) < 4.78 is 0. The molecule has 6 aromatic carbocycles. The largest absolute Gasteiger partial charge is 0.311 e. The zero-order valence-electron chi connectivity index (χ0n) is 27.0. The number of hydrogen-bond donors (Lipinski definition) is 0. The van der Waals surface area contributed by atoms with Crippen molar-refractivity contribution in [2.75, 3.05) is 9.80 Å². The molecular weight excluding hydrogens is 567 g/mol. The highest BCUT2D eigenvalue weighted by atomic mass is 15.2. The molecule has 9 rings (SSSR count). The molecule has 47 heavy (non-hydrogen) atoms. The number of fused-ring (bicyclic) bond motifs is 3. The Morgan fingerprint density at radius 2 is 1.00 bits per heavy atom. The number of para-hydroxylation sites is 3. The molecular formula is C44H35BN2. The van der Waals surface area contributed by atoms with E-state index < -0.39 is 0 Å². The van der Waals surface area contributed by atoms with Crippen LogP contribution in [0.1, 0.15) is 30.5 Å². The highest BCUT2D eigenvalue weighted by Crippen LogP contribution is 2.60. The van der Waals surface area contributed by atoms with Gasteiger partial charge < -0.3 is 9.80 Å². The summed E-state index contributed by atoms with van der Waals surface area (Å²) in [6, 6.07) is 57.8.